The van der Waals surface area contributed by atoms with E-state index in [1.54, 1.807) is 19.3 Å². The summed E-state index contributed by atoms with van der Waals surface area (Å²) in [6.45, 7) is 3.83. The third kappa shape index (κ3) is 3.49. The zero-order valence-electron chi connectivity index (χ0n) is 9.60. The molecule has 0 saturated carbocycles. The number of aromatic nitrogens is 2. The van der Waals surface area contributed by atoms with Crippen LogP contribution in [0.4, 0.5) is 5.82 Å². The van der Waals surface area contributed by atoms with Crippen LogP contribution in [0.5, 0.6) is 0 Å². The molecule has 1 aromatic rings. The van der Waals surface area contributed by atoms with Crippen LogP contribution in [0.15, 0.2) is 12.4 Å². The molecule has 1 heterocycles. The third-order valence-electron chi connectivity index (χ3n) is 2.34. The molecule has 1 unspecified atom stereocenters. The Balaban J connectivity index is 2.68. The molecule has 2 N–H and O–H groups in total. The normalized spacial score (nSPS) is 12.1. The van der Waals surface area contributed by atoms with Crippen molar-refractivity contribution in [2.75, 3.05) is 5.32 Å². The number of nitrogens with one attached hydrogen (secondary N) is 1. The van der Waals surface area contributed by atoms with E-state index in [0.717, 1.165) is 12.8 Å². The molecule has 0 aliphatic rings. The zero-order valence-corrected chi connectivity index (χ0v) is 9.60. The molecule has 0 radical (unpaired) electrons. The molecule has 0 fully saturated rings. The monoisotopic (exact) mass is 223 g/mol. The molecule has 0 aliphatic heterocycles. The first-order chi connectivity index (χ1) is 7.65. The first-order valence-corrected chi connectivity index (χ1v) is 5.42. The van der Waals surface area contributed by atoms with E-state index in [9.17, 15) is 4.79 Å². The van der Waals surface area contributed by atoms with Gasteiger partial charge in [-0.25, -0.2) is 9.78 Å². The highest BCUT2D eigenvalue weighted by Gasteiger charge is 2.17. The summed E-state index contributed by atoms with van der Waals surface area (Å²) in [7, 11) is 0. The number of carbonyl (C=O) groups is 1. The molecule has 0 saturated heterocycles. The van der Waals surface area contributed by atoms with Crippen molar-refractivity contribution in [3.63, 3.8) is 0 Å². The van der Waals surface area contributed by atoms with Crippen LogP contribution in [0, 0.1) is 6.92 Å². The molecular weight excluding hydrogens is 206 g/mol. The second kappa shape index (κ2) is 6.05. The van der Waals surface area contributed by atoms with Crippen molar-refractivity contribution in [2.45, 2.75) is 39.2 Å². The topological polar surface area (TPSA) is 75.1 Å². The Morgan fingerprint density at radius 1 is 1.50 bits per heavy atom. The maximum atomic E-state index is 11.0. The van der Waals surface area contributed by atoms with Gasteiger partial charge in [0.25, 0.3) is 0 Å². The van der Waals surface area contributed by atoms with Crippen LogP contribution in [0.3, 0.4) is 0 Å². The molecule has 5 nitrogen and oxygen atoms in total. The smallest absolute Gasteiger partial charge is 0.326 e. The van der Waals surface area contributed by atoms with E-state index >= 15 is 0 Å². The van der Waals surface area contributed by atoms with Gasteiger partial charge < -0.3 is 10.4 Å². The summed E-state index contributed by atoms with van der Waals surface area (Å²) in [6.07, 6.45) is 5.59. The van der Waals surface area contributed by atoms with Crippen LogP contribution >= 0.6 is 0 Å². The van der Waals surface area contributed by atoms with E-state index < -0.39 is 12.0 Å². The molecular formula is C11H17N3O2. The molecule has 1 atom stereocenters. The minimum Gasteiger partial charge on any atom is -0.480 e. The van der Waals surface area contributed by atoms with Crippen LogP contribution in [-0.4, -0.2) is 27.1 Å². The number of hydrogen-bond donors (Lipinski definition) is 2. The van der Waals surface area contributed by atoms with E-state index in [2.05, 4.69) is 15.3 Å². The first-order valence-electron chi connectivity index (χ1n) is 5.42. The maximum absolute atomic E-state index is 11.0. The van der Waals surface area contributed by atoms with Crippen LogP contribution in [0.1, 0.15) is 31.9 Å². The van der Waals surface area contributed by atoms with Gasteiger partial charge in [-0.15, -0.1) is 0 Å². The van der Waals surface area contributed by atoms with E-state index in [1.165, 1.54) is 0 Å². The van der Waals surface area contributed by atoms with Gasteiger partial charge in [0.2, 0.25) is 0 Å². The van der Waals surface area contributed by atoms with Gasteiger partial charge in [0.1, 0.15) is 11.9 Å². The number of nitrogens with zero attached hydrogens (tertiary/aromatic N) is 2. The molecule has 0 bridgehead atoms. The van der Waals surface area contributed by atoms with Gasteiger partial charge >= 0.3 is 5.97 Å². The molecule has 0 spiro atoms. The van der Waals surface area contributed by atoms with Crippen LogP contribution in [0.2, 0.25) is 0 Å². The van der Waals surface area contributed by atoms with Gasteiger partial charge in [-0.2, -0.15) is 0 Å². The van der Waals surface area contributed by atoms with E-state index in [0.29, 0.717) is 17.9 Å². The van der Waals surface area contributed by atoms with Crippen molar-refractivity contribution < 1.29 is 9.90 Å². The van der Waals surface area contributed by atoms with Gasteiger partial charge in [0.05, 0.1) is 5.69 Å². The lowest BCUT2D eigenvalue weighted by atomic mass is 10.1. The van der Waals surface area contributed by atoms with Gasteiger partial charge in [0.15, 0.2) is 0 Å². The van der Waals surface area contributed by atoms with Crippen molar-refractivity contribution in [1.82, 2.24) is 9.97 Å². The van der Waals surface area contributed by atoms with Crippen LogP contribution < -0.4 is 5.32 Å². The third-order valence-corrected chi connectivity index (χ3v) is 2.34. The van der Waals surface area contributed by atoms with Crippen LogP contribution in [0.25, 0.3) is 0 Å². The lowest BCUT2D eigenvalue weighted by Gasteiger charge is -2.15. The highest BCUT2D eigenvalue weighted by atomic mass is 16.4. The summed E-state index contributed by atoms with van der Waals surface area (Å²) >= 11 is 0. The predicted octanol–water partition coefficient (Wildman–Crippen LogP) is 1.84. The van der Waals surface area contributed by atoms with Crippen molar-refractivity contribution in [3.05, 3.63) is 18.1 Å². The minimum absolute atomic E-state index is 0.547. The minimum atomic E-state index is -0.849. The summed E-state index contributed by atoms with van der Waals surface area (Å²) in [4.78, 5) is 19.1. The molecule has 0 aliphatic carbocycles. The molecule has 1 aromatic heterocycles. The number of unbranched alkanes of at least 4 members (excludes halogenated alkanes) is 1. The van der Waals surface area contributed by atoms with Gasteiger partial charge in [-0.05, 0) is 13.3 Å². The van der Waals surface area contributed by atoms with Gasteiger partial charge in [-0.3, -0.25) is 4.98 Å². The standard InChI is InChI=1S/C11H17N3O2/c1-3-4-5-9(11(15)16)14-10-8(2)12-6-7-13-10/h6-7,9H,3-5H2,1-2H3,(H,13,14)(H,15,16). The number of rotatable bonds is 6. The largest absolute Gasteiger partial charge is 0.480 e. The Morgan fingerprint density at radius 2 is 2.19 bits per heavy atom. The Hall–Kier alpha value is -1.65. The maximum Gasteiger partial charge on any atom is 0.326 e. The zero-order chi connectivity index (χ0) is 12.0. The summed E-state index contributed by atoms with van der Waals surface area (Å²) in [5.41, 5.74) is 0.713. The Bertz CT molecular complexity index is 355. The quantitative estimate of drug-likeness (QED) is 0.769. The van der Waals surface area contributed by atoms with Gasteiger partial charge in [-0.1, -0.05) is 19.8 Å². The molecule has 88 valence electrons. The molecule has 5 heteroatoms. The Morgan fingerprint density at radius 3 is 2.75 bits per heavy atom. The Kier molecular flexibility index (Phi) is 4.69. The van der Waals surface area contributed by atoms with Crippen molar-refractivity contribution in [1.29, 1.82) is 0 Å². The summed E-state index contributed by atoms with van der Waals surface area (Å²) < 4.78 is 0. The fourth-order valence-corrected chi connectivity index (χ4v) is 1.38. The number of carboxylic acids is 1. The highest BCUT2D eigenvalue weighted by molar-refractivity contribution is 5.76. The predicted molar refractivity (Wildman–Crippen MR) is 61.3 cm³/mol. The van der Waals surface area contributed by atoms with E-state index in [-0.39, 0.29) is 0 Å². The van der Waals surface area contributed by atoms with Crippen molar-refractivity contribution in [3.8, 4) is 0 Å². The van der Waals surface area contributed by atoms with E-state index in [1.807, 2.05) is 6.92 Å². The average Bonchev–Trinajstić information content (AvgIpc) is 2.26. The van der Waals surface area contributed by atoms with Crippen LogP contribution in [-0.2, 0) is 4.79 Å². The lowest BCUT2D eigenvalue weighted by Crippen LogP contribution is -2.30. The number of aliphatic carboxylic acids is 1. The number of hydrogen-bond acceptors (Lipinski definition) is 4. The molecule has 16 heavy (non-hydrogen) atoms. The summed E-state index contributed by atoms with van der Waals surface area (Å²) in [5.74, 6) is -0.301. The number of carboxylic acid groups (broad SMARTS) is 1. The molecule has 0 aromatic carbocycles. The first kappa shape index (κ1) is 12.4. The summed E-state index contributed by atoms with van der Waals surface area (Å²) in [5, 5.41) is 11.9. The summed E-state index contributed by atoms with van der Waals surface area (Å²) in [6, 6.07) is -0.588. The lowest BCUT2D eigenvalue weighted by molar-refractivity contribution is -0.138. The van der Waals surface area contributed by atoms with Crippen molar-refractivity contribution >= 4 is 11.8 Å². The SMILES string of the molecule is CCCCC(Nc1nccnc1C)C(=O)O. The second-order valence-electron chi connectivity index (χ2n) is 3.67. The Labute approximate surface area is 94.9 Å². The molecule has 0 amide bonds. The number of anilines is 1. The average molecular weight is 223 g/mol. The van der Waals surface area contributed by atoms with E-state index in [4.69, 9.17) is 5.11 Å². The fraction of sp³-hybridized carbons (Fsp3) is 0.545. The fourth-order valence-electron chi connectivity index (χ4n) is 1.38. The second-order valence-corrected chi connectivity index (χ2v) is 3.67. The van der Waals surface area contributed by atoms with Crippen molar-refractivity contribution in [2.24, 2.45) is 0 Å². The van der Waals surface area contributed by atoms with Gasteiger partial charge in [0, 0.05) is 12.4 Å². The number of aryl methyl sites for hydroxylation is 1. The highest BCUT2D eigenvalue weighted by Crippen LogP contribution is 2.11. The molecule has 1 rings (SSSR count).